The van der Waals surface area contributed by atoms with Crippen molar-refractivity contribution in [2.24, 2.45) is 5.41 Å². The Morgan fingerprint density at radius 1 is 0.806 bits per heavy atom. The first-order valence-corrected chi connectivity index (χ1v) is 12.0. The molecule has 3 aromatic carbocycles. The summed E-state index contributed by atoms with van der Waals surface area (Å²) in [6, 6.07) is 20.9. The fourth-order valence-electron chi connectivity index (χ4n) is 5.22. The van der Waals surface area contributed by atoms with Gasteiger partial charge in [-0.1, -0.05) is 67.4 Å². The van der Waals surface area contributed by atoms with Crippen molar-refractivity contribution in [2.75, 3.05) is 0 Å². The van der Waals surface area contributed by atoms with Crippen molar-refractivity contribution in [3.05, 3.63) is 94.5 Å². The van der Waals surface area contributed by atoms with E-state index in [-0.39, 0.29) is 6.42 Å². The minimum absolute atomic E-state index is 0.0449. The topological polar surface area (TPSA) is 110 Å². The van der Waals surface area contributed by atoms with Crippen LogP contribution >= 0.6 is 0 Å². The number of aliphatic carboxylic acids is 2. The normalized spacial score (nSPS) is 14.9. The lowest BCUT2D eigenvalue weighted by Gasteiger charge is -2.36. The molecule has 1 spiro atoms. The number of aryl methyl sites for hydroxylation is 1. The second-order valence-electron chi connectivity index (χ2n) is 9.51. The van der Waals surface area contributed by atoms with Crippen molar-refractivity contribution in [2.45, 2.75) is 44.6 Å². The number of benzene rings is 3. The Morgan fingerprint density at radius 3 is 2.00 bits per heavy atom. The second kappa shape index (κ2) is 8.82. The highest BCUT2D eigenvalue weighted by atomic mass is 16.6. The maximum absolute atomic E-state index is 13.4. The van der Waals surface area contributed by atoms with Crippen LogP contribution in [-0.4, -0.2) is 28.1 Å². The number of ether oxygens (including phenoxy) is 2. The van der Waals surface area contributed by atoms with E-state index in [0.717, 1.165) is 22.3 Å². The lowest BCUT2D eigenvalue weighted by Crippen LogP contribution is -2.36. The summed E-state index contributed by atoms with van der Waals surface area (Å²) >= 11 is 0. The average Bonchev–Trinajstić information content (AvgIpc) is 3.17. The number of carbonyl (C=O) groups excluding carboxylic acids is 1. The molecule has 0 bridgehead atoms. The van der Waals surface area contributed by atoms with Gasteiger partial charge in [0.2, 0.25) is 0 Å². The first-order chi connectivity index (χ1) is 17.3. The predicted molar refractivity (Wildman–Crippen MR) is 130 cm³/mol. The third-order valence-corrected chi connectivity index (χ3v) is 7.30. The first-order valence-electron chi connectivity index (χ1n) is 12.0. The highest BCUT2D eigenvalue weighted by molar-refractivity contribution is 5.99. The molecule has 2 heterocycles. The zero-order valence-electron chi connectivity index (χ0n) is 19.8. The van der Waals surface area contributed by atoms with Gasteiger partial charge < -0.3 is 19.7 Å². The zero-order chi connectivity index (χ0) is 25.5. The predicted octanol–water partition coefficient (Wildman–Crippen LogP) is 5.53. The molecular formula is C29H26O7. The largest absolute Gasteiger partial charge is 0.480 e. The molecule has 0 fully saturated rings. The molecule has 0 aliphatic carbocycles. The van der Waals surface area contributed by atoms with Crippen molar-refractivity contribution in [3.63, 3.8) is 0 Å². The molecule has 2 aliphatic heterocycles. The first kappa shape index (κ1) is 23.6. The van der Waals surface area contributed by atoms with Crippen LogP contribution in [0.25, 0.3) is 0 Å². The number of esters is 1. The summed E-state index contributed by atoms with van der Waals surface area (Å²) < 4.78 is 12.4. The summed E-state index contributed by atoms with van der Waals surface area (Å²) in [5.41, 5.74) is 0.828. The molecule has 0 aromatic heterocycles. The summed E-state index contributed by atoms with van der Waals surface area (Å²) in [5, 5.41) is 18.6. The zero-order valence-corrected chi connectivity index (χ0v) is 19.8. The molecule has 2 aliphatic rings. The molecule has 5 rings (SSSR count). The van der Waals surface area contributed by atoms with E-state index in [2.05, 4.69) is 0 Å². The Balaban J connectivity index is 1.43. The Kier molecular flexibility index (Phi) is 5.79. The van der Waals surface area contributed by atoms with Crippen molar-refractivity contribution in [1.29, 1.82) is 0 Å². The summed E-state index contributed by atoms with van der Waals surface area (Å²) in [7, 11) is 0. The Morgan fingerprint density at radius 2 is 1.39 bits per heavy atom. The van der Waals surface area contributed by atoms with E-state index in [1.807, 2.05) is 66.7 Å². The van der Waals surface area contributed by atoms with Crippen molar-refractivity contribution < 1.29 is 34.1 Å². The number of rotatable bonds is 8. The molecular weight excluding hydrogens is 460 g/mol. The van der Waals surface area contributed by atoms with Gasteiger partial charge in [-0.05, 0) is 43.9 Å². The molecule has 7 heteroatoms. The van der Waals surface area contributed by atoms with Crippen LogP contribution in [0, 0.1) is 5.41 Å². The molecule has 2 N–H and O–H groups in total. The van der Waals surface area contributed by atoms with Crippen LogP contribution in [0.15, 0.2) is 66.7 Å². The number of carboxylic acids is 2. The molecule has 3 aromatic rings. The van der Waals surface area contributed by atoms with Gasteiger partial charge in [-0.2, -0.15) is 0 Å². The van der Waals surface area contributed by atoms with Gasteiger partial charge in [0.25, 0.3) is 0 Å². The smallest absolute Gasteiger partial charge is 0.340 e. The maximum Gasteiger partial charge on any atom is 0.340 e. The van der Waals surface area contributed by atoms with Crippen molar-refractivity contribution >= 4 is 17.9 Å². The number of carboxylic acid groups (broad SMARTS) is 2. The summed E-state index contributed by atoms with van der Waals surface area (Å²) in [6.07, 6.45) is 2.41. The molecule has 0 unspecified atom stereocenters. The number of hydrogen-bond acceptors (Lipinski definition) is 5. The van der Waals surface area contributed by atoms with Gasteiger partial charge in [0.1, 0.15) is 11.5 Å². The van der Waals surface area contributed by atoms with E-state index in [0.29, 0.717) is 42.7 Å². The molecule has 184 valence electrons. The number of carbonyl (C=O) groups is 3. The van der Waals surface area contributed by atoms with Gasteiger partial charge in [-0.25, -0.2) is 4.79 Å². The van der Waals surface area contributed by atoms with E-state index >= 15 is 0 Å². The lowest BCUT2D eigenvalue weighted by molar-refractivity contribution is -0.163. The summed E-state index contributed by atoms with van der Waals surface area (Å²) in [5.74, 6) is -1.78. The van der Waals surface area contributed by atoms with Gasteiger partial charge in [0.05, 0.1) is 5.56 Å². The number of fused-ring (bicyclic) bond motifs is 6. The van der Waals surface area contributed by atoms with Crippen LogP contribution in [0.1, 0.15) is 65.2 Å². The van der Waals surface area contributed by atoms with Gasteiger partial charge in [0, 0.05) is 16.7 Å². The molecule has 0 saturated heterocycles. The molecule has 7 nitrogen and oxygen atoms in total. The van der Waals surface area contributed by atoms with Crippen LogP contribution in [0.3, 0.4) is 0 Å². The summed E-state index contributed by atoms with van der Waals surface area (Å²) in [4.78, 5) is 36.1. The van der Waals surface area contributed by atoms with Crippen LogP contribution in [-0.2, 0) is 26.3 Å². The third kappa shape index (κ3) is 3.54. The van der Waals surface area contributed by atoms with Gasteiger partial charge in [-0.3, -0.25) is 9.59 Å². The SMILES string of the molecule is CC(CCCCCc1cccc2c1C(=O)OC21c2ccccc2Oc2ccccc21)(C(=O)O)C(=O)O. The molecule has 0 atom stereocenters. The Labute approximate surface area is 208 Å². The Hall–Kier alpha value is -4.13. The molecule has 0 amide bonds. The van der Waals surface area contributed by atoms with E-state index in [1.165, 1.54) is 6.92 Å². The van der Waals surface area contributed by atoms with Crippen molar-refractivity contribution in [1.82, 2.24) is 0 Å². The minimum Gasteiger partial charge on any atom is -0.480 e. The fraction of sp³-hybridized carbons (Fsp3) is 0.276. The average molecular weight is 487 g/mol. The highest BCUT2D eigenvalue weighted by Crippen LogP contribution is 2.56. The second-order valence-corrected chi connectivity index (χ2v) is 9.51. The van der Waals surface area contributed by atoms with E-state index in [1.54, 1.807) is 0 Å². The van der Waals surface area contributed by atoms with E-state index in [9.17, 15) is 24.6 Å². The Bertz CT molecular complexity index is 1310. The monoisotopic (exact) mass is 486 g/mol. The van der Waals surface area contributed by atoms with Crippen molar-refractivity contribution in [3.8, 4) is 11.5 Å². The summed E-state index contributed by atoms with van der Waals surface area (Å²) in [6.45, 7) is 1.24. The fourth-order valence-corrected chi connectivity index (χ4v) is 5.22. The number of unbranched alkanes of at least 4 members (excludes halogenated alkanes) is 2. The van der Waals surface area contributed by atoms with Crippen LogP contribution in [0.5, 0.6) is 11.5 Å². The van der Waals surface area contributed by atoms with E-state index < -0.39 is 28.9 Å². The third-order valence-electron chi connectivity index (χ3n) is 7.30. The van der Waals surface area contributed by atoms with Crippen LogP contribution in [0.2, 0.25) is 0 Å². The molecule has 0 saturated carbocycles. The van der Waals surface area contributed by atoms with Crippen LogP contribution in [0.4, 0.5) is 0 Å². The number of hydrogen-bond donors (Lipinski definition) is 2. The lowest BCUT2D eigenvalue weighted by atomic mass is 9.77. The van der Waals surface area contributed by atoms with E-state index in [4.69, 9.17) is 9.47 Å². The minimum atomic E-state index is -1.80. The van der Waals surface area contributed by atoms with Gasteiger partial charge >= 0.3 is 17.9 Å². The number of para-hydroxylation sites is 2. The quantitative estimate of drug-likeness (QED) is 0.245. The highest BCUT2D eigenvalue weighted by Gasteiger charge is 2.53. The molecule has 0 radical (unpaired) electrons. The van der Waals surface area contributed by atoms with Gasteiger partial charge in [-0.15, -0.1) is 0 Å². The standard InChI is InChI=1S/C29H26O7/c1-28(26(31)32,27(33)34)17-8-2-3-10-18-11-9-14-21-24(18)25(30)36-29(21)19-12-4-6-15-22(19)35-23-16-7-5-13-20(23)29/h4-7,9,11-16H,2-3,8,10,17H2,1H3,(H,31,32)(H,33,34). The maximum atomic E-state index is 13.4. The van der Waals surface area contributed by atoms with Gasteiger partial charge in [0.15, 0.2) is 11.0 Å². The molecule has 36 heavy (non-hydrogen) atoms. The van der Waals surface area contributed by atoms with Crippen LogP contribution < -0.4 is 4.74 Å².